The fraction of sp³-hybridized carbons (Fsp3) is 0.474. The number of benzene rings is 1. The van der Waals surface area contributed by atoms with E-state index in [1.807, 2.05) is 27.7 Å². The van der Waals surface area contributed by atoms with E-state index in [-0.39, 0.29) is 23.0 Å². The zero-order chi connectivity index (χ0) is 20.5. The summed E-state index contributed by atoms with van der Waals surface area (Å²) in [5.74, 6) is -0.358. The van der Waals surface area contributed by atoms with Gasteiger partial charge in [0.1, 0.15) is 6.10 Å². The number of methoxy groups -OCH3 is 1. The third kappa shape index (κ3) is 4.55. The number of halogens is 1. The molecule has 2 rings (SSSR count). The predicted molar refractivity (Wildman–Crippen MR) is 104 cm³/mol. The molecule has 0 bridgehead atoms. The molecule has 1 aromatic rings. The first kappa shape index (κ1) is 21.1. The van der Waals surface area contributed by atoms with Gasteiger partial charge in [-0.1, -0.05) is 20.8 Å². The Labute approximate surface area is 167 Å². The zero-order valence-electron chi connectivity index (χ0n) is 16.3. The van der Waals surface area contributed by atoms with Gasteiger partial charge in [-0.15, -0.1) is 0 Å². The van der Waals surface area contributed by atoms with Crippen LogP contribution in [0.3, 0.4) is 0 Å². The number of urea groups is 1. The number of carbonyl (C=O) groups excluding carboxylic acids is 2. The van der Waals surface area contributed by atoms with Crippen LogP contribution in [-0.4, -0.2) is 30.3 Å². The first-order valence-electron chi connectivity index (χ1n) is 8.51. The van der Waals surface area contributed by atoms with E-state index in [9.17, 15) is 14.7 Å². The number of hydrogen-bond acceptors (Lipinski definition) is 5. The molecule has 0 aliphatic carbocycles. The number of ether oxygens (including phenoxy) is 2. The minimum Gasteiger partial charge on any atom is -0.503 e. The van der Waals surface area contributed by atoms with Gasteiger partial charge in [-0.25, -0.2) is 9.59 Å². The highest BCUT2D eigenvalue weighted by molar-refractivity contribution is 9.10. The number of allylic oxidation sites excluding steroid dienone is 1. The topological polar surface area (TPSA) is 96.9 Å². The van der Waals surface area contributed by atoms with Crippen molar-refractivity contribution in [2.24, 2.45) is 5.41 Å². The molecular formula is C19H25BrN2O5. The summed E-state index contributed by atoms with van der Waals surface area (Å²) < 4.78 is 11.2. The Morgan fingerprint density at radius 1 is 1.33 bits per heavy atom. The van der Waals surface area contributed by atoms with E-state index in [4.69, 9.17) is 9.47 Å². The Balaban J connectivity index is 2.47. The summed E-state index contributed by atoms with van der Waals surface area (Å²) in [6.07, 6.45) is -0.329. The van der Waals surface area contributed by atoms with Gasteiger partial charge in [0.05, 0.1) is 23.2 Å². The molecule has 0 saturated carbocycles. The molecule has 0 spiro atoms. The molecule has 2 amide bonds. The summed E-state index contributed by atoms with van der Waals surface area (Å²) in [6, 6.07) is 2.02. The normalized spacial score (nSPS) is 18.5. The lowest BCUT2D eigenvalue weighted by atomic mass is 9.90. The molecule has 0 saturated heterocycles. The summed E-state index contributed by atoms with van der Waals surface area (Å²) in [6.45, 7) is 9.42. The summed E-state index contributed by atoms with van der Waals surface area (Å²) >= 11 is 3.27. The fourth-order valence-corrected chi connectivity index (χ4v) is 2.99. The van der Waals surface area contributed by atoms with Crippen LogP contribution < -0.4 is 15.4 Å². The number of phenolic OH excluding ortho intramolecular Hbond substituents is 1. The standard InChI is InChI=1S/C19H25BrN2O5/c1-9-14(17(24)27-10(2)19(3,4)5)15(22-18(25)21-9)11-7-12(20)16(23)13(8-11)26-6/h7-8,10,15,23H,1-6H3,(H2,21,22,25)/t10-,15-/m1/s1. The summed E-state index contributed by atoms with van der Waals surface area (Å²) in [4.78, 5) is 24.9. The highest BCUT2D eigenvalue weighted by Crippen LogP contribution is 2.39. The molecule has 0 fully saturated rings. The van der Waals surface area contributed by atoms with Crippen LogP contribution in [0.25, 0.3) is 0 Å². The molecule has 3 N–H and O–H groups in total. The number of carbonyl (C=O) groups is 2. The molecule has 0 aromatic heterocycles. The lowest BCUT2D eigenvalue weighted by Crippen LogP contribution is -2.46. The van der Waals surface area contributed by atoms with Crippen LogP contribution in [0.15, 0.2) is 27.9 Å². The minimum atomic E-state index is -0.746. The van der Waals surface area contributed by atoms with Crippen LogP contribution in [0.5, 0.6) is 11.5 Å². The van der Waals surface area contributed by atoms with Gasteiger partial charge in [-0.2, -0.15) is 0 Å². The first-order valence-corrected chi connectivity index (χ1v) is 9.30. The highest BCUT2D eigenvalue weighted by Gasteiger charge is 2.35. The van der Waals surface area contributed by atoms with Gasteiger partial charge in [0.15, 0.2) is 11.5 Å². The maximum atomic E-state index is 12.9. The second-order valence-electron chi connectivity index (χ2n) is 7.54. The van der Waals surface area contributed by atoms with Crippen LogP contribution in [-0.2, 0) is 9.53 Å². The number of esters is 1. The quantitative estimate of drug-likeness (QED) is 0.619. The Morgan fingerprint density at radius 3 is 2.52 bits per heavy atom. The summed E-state index contributed by atoms with van der Waals surface area (Å²) in [5.41, 5.74) is 1.06. The molecule has 1 aliphatic rings. The third-order valence-electron chi connectivity index (χ3n) is 4.60. The fourth-order valence-electron chi connectivity index (χ4n) is 2.53. The van der Waals surface area contributed by atoms with E-state index in [1.54, 1.807) is 19.1 Å². The third-order valence-corrected chi connectivity index (χ3v) is 5.20. The molecule has 148 valence electrons. The number of nitrogens with one attached hydrogen (secondary N) is 2. The second kappa shape index (κ2) is 7.80. The van der Waals surface area contributed by atoms with Crippen LogP contribution in [0.2, 0.25) is 0 Å². The molecule has 7 nitrogen and oxygen atoms in total. The average Bonchev–Trinajstić information content (AvgIpc) is 2.55. The zero-order valence-corrected chi connectivity index (χ0v) is 17.9. The first-order chi connectivity index (χ1) is 12.5. The van der Waals surface area contributed by atoms with Crippen molar-refractivity contribution in [2.75, 3.05) is 7.11 Å². The van der Waals surface area contributed by atoms with Gasteiger partial charge < -0.3 is 25.2 Å². The van der Waals surface area contributed by atoms with Gasteiger partial charge in [0.2, 0.25) is 0 Å². The molecule has 2 atom stereocenters. The SMILES string of the molecule is COc1cc([C@H]2NC(=O)NC(C)=C2C(=O)O[C@H](C)C(C)(C)C)cc(Br)c1O. The second-order valence-corrected chi connectivity index (χ2v) is 8.39. The van der Waals surface area contributed by atoms with E-state index in [0.29, 0.717) is 21.3 Å². The lowest BCUT2D eigenvalue weighted by Gasteiger charge is -2.32. The molecular weight excluding hydrogens is 416 g/mol. The molecule has 0 radical (unpaired) electrons. The summed E-state index contributed by atoms with van der Waals surface area (Å²) in [7, 11) is 1.42. The monoisotopic (exact) mass is 440 g/mol. The molecule has 27 heavy (non-hydrogen) atoms. The molecule has 8 heteroatoms. The highest BCUT2D eigenvalue weighted by atomic mass is 79.9. The molecule has 1 aromatic carbocycles. The Morgan fingerprint density at radius 2 is 1.96 bits per heavy atom. The summed E-state index contributed by atoms with van der Waals surface area (Å²) in [5, 5.41) is 15.4. The maximum absolute atomic E-state index is 12.9. The van der Waals surface area contributed by atoms with Gasteiger partial charge >= 0.3 is 12.0 Å². The Kier molecular flexibility index (Phi) is 6.09. The predicted octanol–water partition coefficient (Wildman–Crippen LogP) is 3.77. The van der Waals surface area contributed by atoms with Crippen LogP contribution in [0, 0.1) is 5.41 Å². The number of rotatable bonds is 4. The number of hydrogen-bond donors (Lipinski definition) is 3. The van der Waals surface area contributed by atoms with Crippen molar-refractivity contribution < 1.29 is 24.2 Å². The minimum absolute atomic E-state index is 0.0623. The number of phenols is 1. The Hall–Kier alpha value is -2.22. The van der Waals surface area contributed by atoms with Crippen LogP contribution in [0.4, 0.5) is 4.79 Å². The van der Waals surface area contributed by atoms with Gasteiger partial charge in [0, 0.05) is 5.70 Å². The van der Waals surface area contributed by atoms with Crippen LogP contribution in [0.1, 0.15) is 46.2 Å². The largest absolute Gasteiger partial charge is 0.503 e. The van der Waals surface area contributed by atoms with Crippen LogP contribution >= 0.6 is 15.9 Å². The van der Waals surface area contributed by atoms with Gasteiger partial charge in [-0.3, -0.25) is 0 Å². The van der Waals surface area contributed by atoms with Crippen molar-refractivity contribution in [3.63, 3.8) is 0 Å². The molecule has 1 heterocycles. The average molecular weight is 441 g/mol. The van der Waals surface area contributed by atoms with Gasteiger partial charge in [-0.05, 0) is 52.9 Å². The molecule has 0 unspecified atom stereocenters. The maximum Gasteiger partial charge on any atom is 0.338 e. The van der Waals surface area contributed by atoms with Gasteiger partial charge in [0.25, 0.3) is 0 Å². The van der Waals surface area contributed by atoms with E-state index in [0.717, 1.165) is 0 Å². The van der Waals surface area contributed by atoms with Crippen molar-refractivity contribution in [2.45, 2.75) is 46.8 Å². The van der Waals surface area contributed by atoms with E-state index in [2.05, 4.69) is 26.6 Å². The number of aromatic hydroxyl groups is 1. The van der Waals surface area contributed by atoms with Crippen molar-refractivity contribution in [3.05, 3.63) is 33.4 Å². The van der Waals surface area contributed by atoms with Crippen molar-refractivity contribution >= 4 is 27.9 Å². The van der Waals surface area contributed by atoms with E-state index < -0.39 is 18.0 Å². The smallest absolute Gasteiger partial charge is 0.338 e. The van der Waals surface area contributed by atoms with Crippen molar-refractivity contribution in [1.82, 2.24) is 10.6 Å². The Bertz CT molecular complexity index is 798. The van der Waals surface area contributed by atoms with Crippen molar-refractivity contribution in [3.8, 4) is 11.5 Å². The molecule has 1 aliphatic heterocycles. The van der Waals surface area contributed by atoms with E-state index >= 15 is 0 Å². The van der Waals surface area contributed by atoms with E-state index in [1.165, 1.54) is 7.11 Å². The number of amides is 2. The van der Waals surface area contributed by atoms with Crippen molar-refractivity contribution in [1.29, 1.82) is 0 Å². The lowest BCUT2D eigenvalue weighted by molar-refractivity contribution is -0.149.